The predicted octanol–water partition coefficient (Wildman–Crippen LogP) is 3.84. The minimum absolute atomic E-state index is 0.0151. The van der Waals surface area contributed by atoms with Gasteiger partial charge in [0.25, 0.3) is 5.91 Å². The van der Waals surface area contributed by atoms with Crippen molar-refractivity contribution in [3.63, 3.8) is 0 Å². The third-order valence-electron chi connectivity index (χ3n) is 6.15. The number of hydrogen-bond acceptors (Lipinski definition) is 6. The van der Waals surface area contributed by atoms with Gasteiger partial charge in [0.2, 0.25) is 0 Å². The molecule has 162 valence electrons. The maximum Gasteiger partial charge on any atom is 0.308 e. The lowest BCUT2D eigenvalue weighted by molar-refractivity contribution is -0.166. The number of aromatic nitrogens is 1. The smallest absolute Gasteiger partial charge is 0.308 e. The zero-order valence-corrected chi connectivity index (χ0v) is 17.7. The van der Waals surface area contributed by atoms with Crippen LogP contribution in [0.2, 0.25) is 0 Å². The Balaban J connectivity index is 1.80. The molecule has 0 radical (unpaired) electrons. The second-order valence-corrected chi connectivity index (χ2v) is 8.25. The van der Waals surface area contributed by atoms with Crippen LogP contribution in [0, 0.1) is 0 Å². The van der Waals surface area contributed by atoms with Gasteiger partial charge in [0.05, 0.1) is 6.04 Å². The summed E-state index contributed by atoms with van der Waals surface area (Å²) in [5.41, 5.74) is 1.32. The first-order chi connectivity index (χ1) is 14.9. The molecule has 7 nitrogen and oxygen atoms in total. The summed E-state index contributed by atoms with van der Waals surface area (Å²) in [6.45, 7) is 2.78. The number of amides is 1. The molecule has 0 unspecified atom stereocenters. The van der Waals surface area contributed by atoms with Gasteiger partial charge in [-0.15, -0.1) is 0 Å². The number of pyridine rings is 1. The van der Waals surface area contributed by atoms with Gasteiger partial charge >= 0.3 is 11.9 Å². The van der Waals surface area contributed by atoms with E-state index >= 15 is 0 Å². The molecule has 3 atom stereocenters. The van der Waals surface area contributed by atoms with E-state index in [1.165, 1.54) is 13.8 Å². The molecule has 1 heterocycles. The van der Waals surface area contributed by atoms with Crippen LogP contribution in [0.25, 0.3) is 0 Å². The van der Waals surface area contributed by atoms with Crippen LogP contribution in [0.15, 0.2) is 42.6 Å². The Morgan fingerprint density at radius 3 is 2.61 bits per heavy atom. The van der Waals surface area contributed by atoms with Crippen molar-refractivity contribution in [2.24, 2.45) is 0 Å². The molecule has 1 aromatic carbocycles. The van der Waals surface area contributed by atoms with E-state index in [4.69, 9.17) is 9.47 Å². The maximum atomic E-state index is 13.0. The van der Waals surface area contributed by atoms with Gasteiger partial charge in [-0.2, -0.15) is 0 Å². The molecule has 2 aromatic rings. The first-order valence-electron chi connectivity index (χ1n) is 10.6. The fourth-order valence-corrected chi connectivity index (χ4v) is 5.12. The number of carbonyl (C=O) groups excluding carboxylic acids is 3. The molecule has 1 amide bonds. The summed E-state index contributed by atoms with van der Waals surface area (Å²) in [5, 5.41) is 3.05. The highest BCUT2D eigenvalue weighted by molar-refractivity contribution is 5.92. The summed E-state index contributed by atoms with van der Waals surface area (Å²) < 4.78 is 11.5. The van der Waals surface area contributed by atoms with Crippen molar-refractivity contribution >= 4 is 17.8 Å². The van der Waals surface area contributed by atoms with Crippen molar-refractivity contribution in [2.75, 3.05) is 0 Å². The first-order valence-corrected chi connectivity index (χ1v) is 10.6. The van der Waals surface area contributed by atoms with Gasteiger partial charge in [0.1, 0.15) is 17.0 Å². The molecule has 0 bridgehead atoms. The average Bonchev–Trinajstić information content (AvgIpc) is 2.73. The topological polar surface area (TPSA) is 94.6 Å². The number of rotatable bonds is 4. The van der Waals surface area contributed by atoms with Gasteiger partial charge in [0.15, 0.2) is 0 Å². The quantitative estimate of drug-likeness (QED) is 0.594. The minimum atomic E-state index is -0.700. The molecule has 4 rings (SSSR count). The SMILES string of the molecule is CC(=O)Oc1cccc2c1[C@H](NC(=O)c1ccccn1)C[C@@]1(OC(C)=O)CCCC[C@@H]21. The summed E-state index contributed by atoms with van der Waals surface area (Å²) in [5.74, 6) is -0.677. The van der Waals surface area contributed by atoms with Gasteiger partial charge < -0.3 is 14.8 Å². The van der Waals surface area contributed by atoms with E-state index in [1.54, 1.807) is 30.5 Å². The van der Waals surface area contributed by atoms with Crippen LogP contribution >= 0.6 is 0 Å². The molecule has 2 aliphatic carbocycles. The Hall–Kier alpha value is -3.22. The zero-order chi connectivity index (χ0) is 22.0. The van der Waals surface area contributed by atoms with Crippen molar-refractivity contribution in [3.05, 3.63) is 59.4 Å². The van der Waals surface area contributed by atoms with E-state index in [1.807, 2.05) is 12.1 Å². The fourth-order valence-electron chi connectivity index (χ4n) is 5.12. The Bertz CT molecular complexity index is 1010. The lowest BCUT2D eigenvalue weighted by atomic mass is 9.63. The van der Waals surface area contributed by atoms with E-state index in [0.717, 1.165) is 36.8 Å². The summed E-state index contributed by atoms with van der Waals surface area (Å²) in [4.78, 5) is 40.9. The summed E-state index contributed by atoms with van der Waals surface area (Å²) in [6, 6.07) is 10.2. The van der Waals surface area contributed by atoms with Crippen molar-refractivity contribution < 1.29 is 23.9 Å². The van der Waals surface area contributed by atoms with E-state index in [-0.39, 0.29) is 17.8 Å². The third-order valence-corrected chi connectivity index (χ3v) is 6.15. The molecule has 7 heteroatoms. The predicted molar refractivity (Wildman–Crippen MR) is 113 cm³/mol. The average molecular weight is 422 g/mol. The van der Waals surface area contributed by atoms with Crippen LogP contribution in [0.1, 0.15) is 79.5 Å². The Labute approximate surface area is 181 Å². The fraction of sp³-hybridized carbons (Fsp3) is 0.417. The molecule has 2 aliphatic rings. The first kappa shape index (κ1) is 21.0. The standard InChI is InChI=1S/C24H26N2O5/c1-15(27)30-21-11-7-8-17-18-9-3-5-12-24(18,31-16(2)28)14-20(22(17)21)26-23(29)19-10-4-6-13-25-19/h4,6-8,10-11,13,18,20H,3,5,9,12,14H2,1-2H3,(H,26,29)/t18-,20+,24-/m0/s1. The number of carbonyl (C=O) groups is 3. The van der Waals surface area contributed by atoms with Gasteiger partial charge in [-0.1, -0.05) is 24.6 Å². The number of nitrogens with one attached hydrogen (secondary N) is 1. The van der Waals surface area contributed by atoms with Crippen LogP contribution in [0.4, 0.5) is 0 Å². The van der Waals surface area contributed by atoms with Crippen LogP contribution < -0.4 is 10.1 Å². The van der Waals surface area contributed by atoms with Gasteiger partial charge in [-0.3, -0.25) is 19.4 Å². The second kappa shape index (κ2) is 8.49. The van der Waals surface area contributed by atoms with E-state index in [9.17, 15) is 14.4 Å². The maximum absolute atomic E-state index is 13.0. The van der Waals surface area contributed by atoms with E-state index in [0.29, 0.717) is 17.9 Å². The molecule has 1 N–H and O–H groups in total. The van der Waals surface area contributed by atoms with Gasteiger partial charge in [0, 0.05) is 37.9 Å². The highest BCUT2D eigenvalue weighted by Gasteiger charge is 2.51. The van der Waals surface area contributed by atoms with Gasteiger partial charge in [-0.05, 0) is 43.0 Å². The van der Waals surface area contributed by atoms with Crippen LogP contribution in [0.5, 0.6) is 5.75 Å². The second-order valence-electron chi connectivity index (χ2n) is 8.25. The highest BCUT2D eigenvalue weighted by Crippen LogP contribution is 2.55. The Morgan fingerprint density at radius 1 is 1.06 bits per heavy atom. The van der Waals surface area contributed by atoms with Crippen molar-refractivity contribution in [3.8, 4) is 5.75 Å². The number of ether oxygens (including phenoxy) is 2. The van der Waals surface area contributed by atoms with Crippen LogP contribution in [0.3, 0.4) is 0 Å². The molecular weight excluding hydrogens is 396 g/mol. The normalized spacial score (nSPS) is 24.3. The zero-order valence-electron chi connectivity index (χ0n) is 17.7. The number of esters is 2. The summed E-state index contributed by atoms with van der Waals surface area (Å²) >= 11 is 0. The highest BCUT2D eigenvalue weighted by atomic mass is 16.6. The lowest BCUT2D eigenvalue weighted by Crippen LogP contribution is -2.50. The number of hydrogen-bond donors (Lipinski definition) is 1. The Kier molecular flexibility index (Phi) is 5.76. The van der Waals surface area contributed by atoms with Crippen molar-refractivity contribution in [1.29, 1.82) is 0 Å². The molecule has 0 saturated heterocycles. The van der Waals surface area contributed by atoms with Crippen LogP contribution in [-0.2, 0) is 14.3 Å². The summed E-state index contributed by atoms with van der Waals surface area (Å²) in [7, 11) is 0. The lowest BCUT2D eigenvalue weighted by Gasteiger charge is -2.49. The largest absolute Gasteiger partial charge is 0.459 e. The molecule has 1 fully saturated rings. The molecule has 1 aromatic heterocycles. The monoisotopic (exact) mass is 422 g/mol. The molecule has 0 aliphatic heterocycles. The number of nitrogens with zero attached hydrogens (tertiary/aromatic N) is 1. The van der Waals surface area contributed by atoms with Crippen molar-refractivity contribution in [2.45, 2.75) is 63.5 Å². The van der Waals surface area contributed by atoms with E-state index < -0.39 is 17.6 Å². The third kappa shape index (κ3) is 4.17. The molecule has 0 spiro atoms. The number of benzene rings is 1. The molecule has 1 saturated carbocycles. The number of fused-ring (bicyclic) bond motifs is 3. The summed E-state index contributed by atoms with van der Waals surface area (Å²) in [6.07, 6.45) is 5.54. The molecule has 31 heavy (non-hydrogen) atoms. The molecular formula is C24H26N2O5. The van der Waals surface area contributed by atoms with E-state index in [2.05, 4.69) is 10.3 Å². The van der Waals surface area contributed by atoms with Crippen molar-refractivity contribution in [1.82, 2.24) is 10.3 Å². The van der Waals surface area contributed by atoms with Crippen LogP contribution in [-0.4, -0.2) is 28.4 Å². The Morgan fingerprint density at radius 2 is 1.90 bits per heavy atom. The van der Waals surface area contributed by atoms with Gasteiger partial charge in [-0.25, -0.2) is 0 Å². The minimum Gasteiger partial charge on any atom is -0.459 e.